The van der Waals surface area contributed by atoms with E-state index in [1.807, 2.05) is 30.3 Å². The third-order valence-electron chi connectivity index (χ3n) is 3.65. The van der Waals surface area contributed by atoms with E-state index in [1.54, 1.807) is 19.2 Å². The van der Waals surface area contributed by atoms with E-state index in [4.69, 9.17) is 13.9 Å². The van der Waals surface area contributed by atoms with Gasteiger partial charge in [-0.15, -0.1) is 0 Å². The summed E-state index contributed by atoms with van der Waals surface area (Å²) in [6.07, 6.45) is 0. The lowest BCUT2D eigenvalue weighted by molar-refractivity contribution is 0.373. The minimum absolute atomic E-state index is 0.139. The van der Waals surface area contributed by atoms with E-state index < -0.39 is 0 Å². The largest absolute Gasteiger partial charge is 0.504 e. The topological polar surface area (TPSA) is 63.9 Å². The average molecular weight is 313 g/mol. The normalized spacial score (nSPS) is 10.9. The number of aromatic hydroxyl groups is 1. The van der Waals surface area contributed by atoms with E-state index in [2.05, 4.69) is 5.32 Å². The van der Waals surface area contributed by atoms with Crippen LogP contribution in [0.25, 0.3) is 11.0 Å². The maximum Gasteiger partial charge on any atom is 0.176 e. The van der Waals surface area contributed by atoms with Crippen molar-refractivity contribution in [2.75, 3.05) is 14.2 Å². The molecule has 2 N–H and O–H groups in total. The number of hydrogen-bond acceptors (Lipinski definition) is 5. The molecule has 0 radical (unpaired) electrons. The van der Waals surface area contributed by atoms with Crippen LogP contribution in [0.3, 0.4) is 0 Å². The fourth-order valence-corrected chi connectivity index (χ4v) is 2.51. The zero-order chi connectivity index (χ0) is 16.2. The van der Waals surface area contributed by atoms with Crippen molar-refractivity contribution in [3.05, 3.63) is 53.8 Å². The Bertz CT molecular complexity index is 810. The fraction of sp³-hybridized carbons (Fsp3) is 0.222. The van der Waals surface area contributed by atoms with Crippen LogP contribution in [0.2, 0.25) is 0 Å². The van der Waals surface area contributed by atoms with Crippen LogP contribution in [0.5, 0.6) is 17.2 Å². The molecule has 0 spiro atoms. The van der Waals surface area contributed by atoms with Crippen molar-refractivity contribution in [2.24, 2.45) is 0 Å². The molecule has 1 aromatic heterocycles. The van der Waals surface area contributed by atoms with Crippen LogP contribution in [0.15, 0.2) is 46.9 Å². The predicted molar refractivity (Wildman–Crippen MR) is 88.0 cm³/mol. The number of hydrogen-bond donors (Lipinski definition) is 2. The molecule has 0 atom stereocenters. The van der Waals surface area contributed by atoms with Crippen LogP contribution in [0, 0.1) is 0 Å². The third-order valence-corrected chi connectivity index (χ3v) is 3.65. The second-order valence-corrected chi connectivity index (χ2v) is 5.20. The van der Waals surface area contributed by atoms with Crippen molar-refractivity contribution in [1.82, 2.24) is 5.32 Å². The minimum atomic E-state index is 0.139. The Morgan fingerprint density at radius 2 is 1.83 bits per heavy atom. The zero-order valence-corrected chi connectivity index (χ0v) is 13.1. The number of phenols is 1. The second kappa shape index (κ2) is 6.62. The van der Waals surface area contributed by atoms with Crippen molar-refractivity contribution in [2.45, 2.75) is 13.1 Å². The molecule has 1 heterocycles. The number of para-hydroxylation sites is 1. The van der Waals surface area contributed by atoms with Crippen molar-refractivity contribution in [3.8, 4) is 17.2 Å². The first-order valence-electron chi connectivity index (χ1n) is 7.33. The maximum absolute atomic E-state index is 9.78. The highest BCUT2D eigenvalue weighted by molar-refractivity contribution is 5.83. The maximum atomic E-state index is 9.78. The Kier molecular flexibility index (Phi) is 4.39. The van der Waals surface area contributed by atoms with Gasteiger partial charge >= 0.3 is 0 Å². The van der Waals surface area contributed by atoms with Gasteiger partial charge in [-0.25, -0.2) is 0 Å². The number of rotatable bonds is 6. The smallest absolute Gasteiger partial charge is 0.176 e. The van der Waals surface area contributed by atoms with Crippen LogP contribution in [-0.4, -0.2) is 19.3 Å². The van der Waals surface area contributed by atoms with Gasteiger partial charge in [0, 0.05) is 11.9 Å². The quantitative estimate of drug-likeness (QED) is 0.730. The molecule has 2 aromatic carbocycles. The van der Waals surface area contributed by atoms with E-state index in [9.17, 15) is 5.11 Å². The van der Waals surface area contributed by atoms with Gasteiger partial charge in [-0.2, -0.15) is 0 Å². The molecule has 0 aliphatic heterocycles. The summed E-state index contributed by atoms with van der Waals surface area (Å²) in [6, 6.07) is 13.2. The summed E-state index contributed by atoms with van der Waals surface area (Å²) in [5, 5.41) is 14.1. The highest BCUT2D eigenvalue weighted by Gasteiger charge is 2.08. The van der Waals surface area contributed by atoms with Gasteiger partial charge in [-0.1, -0.05) is 18.2 Å². The van der Waals surface area contributed by atoms with E-state index in [0.717, 1.165) is 28.0 Å². The van der Waals surface area contributed by atoms with Crippen molar-refractivity contribution in [3.63, 3.8) is 0 Å². The van der Waals surface area contributed by atoms with E-state index in [-0.39, 0.29) is 5.75 Å². The molecule has 0 saturated heterocycles. The first-order chi connectivity index (χ1) is 11.2. The molecule has 0 saturated carbocycles. The molecule has 5 heteroatoms. The molecule has 0 unspecified atom stereocenters. The highest BCUT2D eigenvalue weighted by Crippen LogP contribution is 2.29. The average Bonchev–Trinajstić information content (AvgIpc) is 2.97. The van der Waals surface area contributed by atoms with Gasteiger partial charge in [0.25, 0.3) is 0 Å². The molecule has 0 fully saturated rings. The van der Waals surface area contributed by atoms with Crippen molar-refractivity contribution >= 4 is 11.0 Å². The standard InChI is InChI=1S/C18H19NO4/c1-21-16-7-6-12(8-15(16)20)10-19-11-14-9-13-4-3-5-17(22-2)18(13)23-14/h3-9,19-20H,10-11H2,1-2H3. The van der Waals surface area contributed by atoms with Crippen LogP contribution >= 0.6 is 0 Å². The van der Waals surface area contributed by atoms with Gasteiger partial charge in [0.15, 0.2) is 22.8 Å². The molecule has 120 valence electrons. The third kappa shape index (κ3) is 3.24. The lowest BCUT2D eigenvalue weighted by Crippen LogP contribution is -2.12. The summed E-state index contributed by atoms with van der Waals surface area (Å²) in [5.74, 6) is 2.18. The summed E-state index contributed by atoms with van der Waals surface area (Å²) in [4.78, 5) is 0. The zero-order valence-electron chi connectivity index (χ0n) is 13.1. The first kappa shape index (κ1) is 15.2. The van der Waals surface area contributed by atoms with Crippen LogP contribution in [0.4, 0.5) is 0 Å². The molecule has 0 bridgehead atoms. The van der Waals surface area contributed by atoms with Crippen LogP contribution < -0.4 is 14.8 Å². The second-order valence-electron chi connectivity index (χ2n) is 5.20. The van der Waals surface area contributed by atoms with Crippen LogP contribution in [-0.2, 0) is 13.1 Å². The number of ether oxygens (including phenoxy) is 2. The SMILES string of the molecule is COc1ccc(CNCc2cc3cccc(OC)c3o2)cc1O. The van der Waals surface area contributed by atoms with Crippen molar-refractivity contribution in [1.29, 1.82) is 0 Å². The fourth-order valence-electron chi connectivity index (χ4n) is 2.51. The first-order valence-corrected chi connectivity index (χ1v) is 7.33. The summed E-state index contributed by atoms with van der Waals surface area (Å²) in [5.41, 5.74) is 1.73. The van der Waals surface area contributed by atoms with Gasteiger partial charge < -0.3 is 24.3 Å². The van der Waals surface area contributed by atoms with Gasteiger partial charge in [0.05, 0.1) is 20.8 Å². The lowest BCUT2D eigenvalue weighted by Gasteiger charge is -2.07. The number of fused-ring (bicyclic) bond motifs is 1. The van der Waals surface area contributed by atoms with E-state index in [1.165, 1.54) is 7.11 Å². The van der Waals surface area contributed by atoms with Gasteiger partial charge in [0.1, 0.15) is 5.76 Å². The Hall–Kier alpha value is -2.66. The minimum Gasteiger partial charge on any atom is -0.504 e. The Morgan fingerprint density at radius 3 is 2.57 bits per heavy atom. The molecule has 23 heavy (non-hydrogen) atoms. The molecule has 0 aliphatic rings. The number of furan rings is 1. The summed E-state index contributed by atoms with van der Waals surface area (Å²) in [6.45, 7) is 1.20. The molecule has 3 rings (SSSR count). The number of phenolic OH excluding ortho intramolecular Hbond substituents is 1. The molecular weight excluding hydrogens is 294 g/mol. The van der Waals surface area contributed by atoms with Crippen molar-refractivity contribution < 1.29 is 19.0 Å². The lowest BCUT2D eigenvalue weighted by atomic mass is 10.2. The van der Waals surface area contributed by atoms with Gasteiger partial charge in [-0.3, -0.25) is 0 Å². The number of methoxy groups -OCH3 is 2. The number of benzene rings is 2. The molecule has 0 aliphatic carbocycles. The van der Waals surface area contributed by atoms with Gasteiger partial charge in [-0.05, 0) is 29.8 Å². The summed E-state index contributed by atoms with van der Waals surface area (Å²) >= 11 is 0. The van der Waals surface area contributed by atoms with E-state index >= 15 is 0 Å². The molecule has 5 nitrogen and oxygen atoms in total. The summed E-state index contributed by atoms with van der Waals surface area (Å²) < 4.78 is 16.2. The predicted octanol–water partition coefficient (Wildman–Crippen LogP) is 3.45. The van der Waals surface area contributed by atoms with Crippen LogP contribution in [0.1, 0.15) is 11.3 Å². The molecule has 3 aromatic rings. The highest BCUT2D eigenvalue weighted by atomic mass is 16.5. The monoisotopic (exact) mass is 313 g/mol. The van der Waals surface area contributed by atoms with Gasteiger partial charge in [0.2, 0.25) is 0 Å². The Morgan fingerprint density at radius 1 is 1.00 bits per heavy atom. The van der Waals surface area contributed by atoms with E-state index in [0.29, 0.717) is 18.8 Å². The Labute approximate surface area is 134 Å². The number of nitrogens with one attached hydrogen (secondary N) is 1. The molecular formula is C18H19NO4. The Balaban J connectivity index is 1.66. The summed E-state index contributed by atoms with van der Waals surface area (Å²) in [7, 11) is 3.16. The molecule has 0 amide bonds.